The van der Waals surface area contributed by atoms with Crippen molar-refractivity contribution in [2.75, 3.05) is 26.0 Å². The summed E-state index contributed by atoms with van der Waals surface area (Å²) in [6, 6.07) is 5.17. The molecule has 1 aromatic heterocycles. The minimum Gasteiger partial charge on any atom is -0.486 e. The van der Waals surface area contributed by atoms with Gasteiger partial charge in [0.2, 0.25) is 11.2 Å². The SMILES string of the molecule is CS(=O)N1CCC(COc2coc(CN3Cc4ccc(C(F)(F)F)cc4C3)cc2=O)CC1. The first kappa shape index (κ1) is 23.0. The Morgan fingerprint density at radius 2 is 1.88 bits per heavy atom. The molecule has 2 aliphatic rings. The van der Waals surface area contributed by atoms with Crippen molar-refractivity contribution in [2.24, 2.45) is 5.92 Å². The van der Waals surface area contributed by atoms with Gasteiger partial charge >= 0.3 is 6.18 Å². The normalized spacial score (nSPS) is 19.1. The smallest absolute Gasteiger partial charge is 0.416 e. The number of ether oxygens (including phenoxy) is 1. The van der Waals surface area contributed by atoms with Crippen molar-refractivity contribution in [2.45, 2.75) is 38.7 Å². The first-order chi connectivity index (χ1) is 15.2. The zero-order valence-corrected chi connectivity index (χ0v) is 18.5. The van der Waals surface area contributed by atoms with Gasteiger partial charge in [-0.3, -0.25) is 9.69 Å². The number of benzene rings is 1. The van der Waals surface area contributed by atoms with E-state index in [4.69, 9.17) is 9.15 Å². The van der Waals surface area contributed by atoms with Gasteiger partial charge in [0.1, 0.15) is 12.0 Å². The van der Waals surface area contributed by atoms with Crippen molar-refractivity contribution in [1.82, 2.24) is 9.21 Å². The van der Waals surface area contributed by atoms with E-state index < -0.39 is 22.7 Å². The highest BCUT2D eigenvalue weighted by Crippen LogP contribution is 2.33. The maximum absolute atomic E-state index is 12.9. The molecule has 6 nitrogen and oxygen atoms in total. The summed E-state index contributed by atoms with van der Waals surface area (Å²) in [5.74, 6) is 0.873. The molecule has 2 aromatic rings. The lowest BCUT2D eigenvalue weighted by molar-refractivity contribution is -0.137. The molecule has 1 unspecified atom stereocenters. The van der Waals surface area contributed by atoms with E-state index in [0.717, 1.165) is 37.6 Å². The molecular weight excluding hydrogens is 445 g/mol. The van der Waals surface area contributed by atoms with Gasteiger partial charge in [0, 0.05) is 38.5 Å². The van der Waals surface area contributed by atoms with E-state index in [9.17, 15) is 22.2 Å². The maximum Gasteiger partial charge on any atom is 0.416 e. The van der Waals surface area contributed by atoms with E-state index in [1.165, 1.54) is 24.5 Å². The summed E-state index contributed by atoms with van der Waals surface area (Å²) in [6.07, 6.45) is 0.323. The molecule has 0 saturated carbocycles. The Morgan fingerprint density at radius 3 is 2.53 bits per heavy atom. The van der Waals surface area contributed by atoms with Crippen LogP contribution in [0.2, 0.25) is 0 Å². The first-order valence-electron chi connectivity index (χ1n) is 10.4. The van der Waals surface area contributed by atoms with Crippen LogP contribution in [-0.4, -0.2) is 39.4 Å². The molecule has 0 radical (unpaired) electrons. The summed E-state index contributed by atoms with van der Waals surface area (Å²) < 4.78 is 63.4. The van der Waals surface area contributed by atoms with Crippen molar-refractivity contribution >= 4 is 11.0 Å². The standard InChI is InChI=1S/C22H25F3N2O4S/c1-32(29)27-6-4-15(5-7-27)13-31-21-14-30-19(9-20(21)28)12-26-10-16-2-3-18(22(23,24)25)8-17(16)11-26/h2-3,8-9,14-15H,4-7,10-13H2,1H3. The van der Waals surface area contributed by atoms with Crippen molar-refractivity contribution < 1.29 is 26.5 Å². The molecule has 0 bridgehead atoms. The Hall–Kier alpha value is -2.17. The minimum atomic E-state index is -4.36. The average molecular weight is 471 g/mol. The number of rotatable bonds is 6. The Morgan fingerprint density at radius 1 is 1.16 bits per heavy atom. The lowest BCUT2D eigenvalue weighted by Gasteiger charge is -2.29. The molecule has 3 heterocycles. The highest BCUT2D eigenvalue weighted by Gasteiger charge is 2.32. The van der Waals surface area contributed by atoms with Crippen LogP contribution in [0.15, 0.2) is 39.7 Å². The quantitative estimate of drug-likeness (QED) is 0.646. The van der Waals surface area contributed by atoms with Crippen LogP contribution in [0.4, 0.5) is 13.2 Å². The van der Waals surface area contributed by atoms with Gasteiger partial charge in [-0.1, -0.05) is 6.07 Å². The van der Waals surface area contributed by atoms with Gasteiger partial charge < -0.3 is 9.15 Å². The van der Waals surface area contributed by atoms with Gasteiger partial charge in [-0.2, -0.15) is 13.2 Å². The molecule has 10 heteroatoms. The third kappa shape index (κ3) is 5.41. The molecule has 0 spiro atoms. The van der Waals surface area contributed by atoms with Crippen LogP contribution >= 0.6 is 0 Å². The second kappa shape index (κ2) is 9.36. The van der Waals surface area contributed by atoms with Gasteiger partial charge in [-0.25, -0.2) is 8.51 Å². The number of alkyl halides is 3. The number of hydrogen-bond donors (Lipinski definition) is 0. The third-order valence-electron chi connectivity index (χ3n) is 5.96. The molecule has 1 fully saturated rings. The molecular formula is C22H25F3N2O4S. The number of fused-ring (bicyclic) bond motifs is 1. The maximum atomic E-state index is 12.9. The van der Waals surface area contributed by atoms with Gasteiger partial charge in [0.15, 0.2) is 0 Å². The summed E-state index contributed by atoms with van der Waals surface area (Å²) in [5.41, 5.74) is 0.549. The van der Waals surface area contributed by atoms with E-state index in [2.05, 4.69) is 0 Å². The van der Waals surface area contributed by atoms with E-state index in [1.807, 2.05) is 9.21 Å². The topological polar surface area (TPSA) is 63.0 Å². The lowest BCUT2D eigenvalue weighted by atomic mass is 9.99. The van der Waals surface area contributed by atoms with Crippen molar-refractivity contribution in [3.05, 3.63) is 63.2 Å². The largest absolute Gasteiger partial charge is 0.486 e. The van der Waals surface area contributed by atoms with Gasteiger partial charge in [-0.15, -0.1) is 0 Å². The van der Waals surface area contributed by atoms with Crippen LogP contribution in [-0.2, 0) is 36.8 Å². The van der Waals surface area contributed by atoms with E-state index in [0.29, 0.717) is 43.5 Å². The zero-order chi connectivity index (χ0) is 22.9. The summed E-state index contributed by atoms with van der Waals surface area (Å²) in [7, 11) is -0.960. The Labute approximate surface area is 186 Å². The predicted octanol–water partition coefficient (Wildman–Crippen LogP) is 3.56. The molecule has 0 aliphatic carbocycles. The highest BCUT2D eigenvalue weighted by atomic mass is 32.2. The highest BCUT2D eigenvalue weighted by molar-refractivity contribution is 7.81. The number of halogens is 3. The van der Waals surface area contributed by atoms with Crippen LogP contribution in [0.5, 0.6) is 5.75 Å². The predicted molar refractivity (Wildman–Crippen MR) is 113 cm³/mol. The first-order valence-corrected chi connectivity index (χ1v) is 11.9. The van der Waals surface area contributed by atoms with E-state index in [-0.39, 0.29) is 11.2 Å². The van der Waals surface area contributed by atoms with Crippen LogP contribution in [0.1, 0.15) is 35.3 Å². The Bertz CT molecular complexity index is 1050. The minimum absolute atomic E-state index is 0.148. The van der Waals surface area contributed by atoms with Crippen LogP contribution < -0.4 is 10.2 Å². The zero-order valence-electron chi connectivity index (χ0n) is 17.7. The third-order valence-corrected chi connectivity index (χ3v) is 7.06. The van der Waals surface area contributed by atoms with Crippen LogP contribution in [0.3, 0.4) is 0 Å². The summed E-state index contributed by atoms with van der Waals surface area (Å²) in [6.45, 7) is 3.06. The second-order valence-electron chi connectivity index (χ2n) is 8.31. The lowest BCUT2D eigenvalue weighted by Crippen LogP contribution is -2.36. The van der Waals surface area contributed by atoms with Crippen molar-refractivity contribution in [3.63, 3.8) is 0 Å². The van der Waals surface area contributed by atoms with E-state index in [1.54, 1.807) is 6.26 Å². The fourth-order valence-corrected chi connectivity index (χ4v) is 4.87. The second-order valence-corrected chi connectivity index (χ2v) is 9.67. The number of piperidine rings is 1. The van der Waals surface area contributed by atoms with Gasteiger partial charge in [0.05, 0.1) is 29.7 Å². The van der Waals surface area contributed by atoms with Crippen molar-refractivity contribution in [3.8, 4) is 5.75 Å². The molecule has 32 heavy (non-hydrogen) atoms. The summed E-state index contributed by atoms with van der Waals surface area (Å²) in [5, 5.41) is 0. The van der Waals surface area contributed by atoms with Crippen LogP contribution in [0, 0.1) is 5.92 Å². The Kier molecular flexibility index (Phi) is 6.73. The molecule has 1 aromatic carbocycles. The Balaban J connectivity index is 1.31. The molecule has 4 rings (SSSR count). The van der Waals surface area contributed by atoms with Gasteiger partial charge in [0.25, 0.3) is 0 Å². The molecule has 1 saturated heterocycles. The molecule has 174 valence electrons. The monoisotopic (exact) mass is 470 g/mol. The van der Waals surface area contributed by atoms with Crippen molar-refractivity contribution in [1.29, 1.82) is 0 Å². The van der Waals surface area contributed by atoms with E-state index >= 15 is 0 Å². The summed E-state index contributed by atoms with van der Waals surface area (Å²) >= 11 is 0. The van der Waals surface area contributed by atoms with Gasteiger partial charge in [-0.05, 0) is 42.0 Å². The fourth-order valence-electron chi connectivity index (χ4n) is 4.14. The number of hydrogen-bond acceptors (Lipinski definition) is 5. The molecule has 1 atom stereocenters. The fraction of sp³-hybridized carbons (Fsp3) is 0.500. The summed E-state index contributed by atoms with van der Waals surface area (Å²) in [4.78, 5) is 14.3. The molecule has 2 aliphatic heterocycles. The number of nitrogens with zero attached hydrogens (tertiary/aromatic N) is 2. The molecule has 0 amide bonds. The average Bonchev–Trinajstić information content (AvgIpc) is 3.14. The molecule has 0 N–H and O–H groups in total. The van der Waals surface area contributed by atoms with Crippen LogP contribution in [0.25, 0.3) is 0 Å².